The minimum atomic E-state index is -1.53. The predicted molar refractivity (Wildman–Crippen MR) is 72.0 cm³/mol. The molecule has 0 aliphatic heterocycles. The molecule has 4 nitrogen and oxygen atoms in total. The first-order chi connectivity index (χ1) is 9.95. The third-order valence-electron chi connectivity index (χ3n) is 3.25. The van der Waals surface area contributed by atoms with E-state index in [-0.39, 0.29) is 11.6 Å². The van der Waals surface area contributed by atoms with Crippen LogP contribution in [0.25, 0.3) is 16.9 Å². The van der Waals surface area contributed by atoms with Gasteiger partial charge in [-0.05, 0) is 19.1 Å². The number of aryl methyl sites for hydroxylation is 2. The molecule has 0 saturated heterocycles. The highest BCUT2D eigenvalue weighted by atomic mass is 35.5. The molecule has 3 rings (SSSR count). The summed E-state index contributed by atoms with van der Waals surface area (Å²) in [5.74, 6) is -3.76. The highest BCUT2D eigenvalue weighted by molar-refractivity contribution is 6.17. The van der Waals surface area contributed by atoms with Crippen LogP contribution in [0.4, 0.5) is 13.2 Å². The summed E-state index contributed by atoms with van der Waals surface area (Å²) in [5.41, 5.74) is 1.49. The zero-order chi connectivity index (χ0) is 15.3. The van der Waals surface area contributed by atoms with E-state index in [2.05, 4.69) is 10.1 Å². The van der Waals surface area contributed by atoms with Crippen molar-refractivity contribution in [1.82, 2.24) is 19.3 Å². The van der Waals surface area contributed by atoms with Crippen molar-refractivity contribution >= 4 is 22.8 Å². The Balaban J connectivity index is 2.42. The number of alkyl halides is 1. The number of imidazole rings is 1. The number of rotatable bonds is 2. The fourth-order valence-corrected chi connectivity index (χ4v) is 2.53. The number of hydrogen-bond acceptors (Lipinski definition) is 2. The maximum absolute atomic E-state index is 14.1. The van der Waals surface area contributed by atoms with Gasteiger partial charge in [0.15, 0.2) is 23.1 Å². The van der Waals surface area contributed by atoms with Crippen molar-refractivity contribution in [2.24, 2.45) is 7.05 Å². The van der Waals surface area contributed by atoms with Gasteiger partial charge in [0, 0.05) is 7.05 Å². The molecule has 2 aromatic heterocycles. The van der Waals surface area contributed by atoms with E-state index < -0.39 is 17.5 Å². The van der Waals surface area contributed by atoms with Gasteiger partial charge in [0.1, 0.15) is 11.3 Å². The van der Waals surface area contributed by atoms with Gasteiger partial charge in [0.25, 0.3) is 0 Å². The Labute approximate surface area is 122 Å². The van der Waals surface area contributed by atoms with Gasteiger partial charge >= 0.3 is 0 Å². The molecule has 0 fully saturated rings. The van der Waals surface area contributed by atoms with Gasteiger partial charge in [0.05, 0.1) is 17.3 Å². The molecule has 0 radical (unpaired) electrons. The lowest BCUT2D eigenvalue weighted by molar-refractivity contribution is 0.444. The van der Waals surface area contributed by atoms with Crippen LogP contribution in [0, 0.1) is 24.4 Å². The Kier molecular flexibility index (Phi) is 3.16. The number of benzene rings is 1. The van der Waals surface area contributed by atoms with Crippen LogP contribution >= 0.6 is 11.6 Å². The predicted octanol–water partition coefficient (Wildman–Crippen LogP) is 3.22. The highest BCUT2D eigenvalue weighted by Crippen LogP contribution is 2.27. The third-order valence-corrected chi connectivity index (χ3v) is 3.49. The summed E-state index contributed by atoms with van der Waals surface area (Å²) in [6.45, 7) is 1.75. The Bertz CT molecular complexity index is 853. The molecule has 110 valence electrons. The SMILES string of the molecule is Cc1nn(C)c2c1nc(CCl)n2-c1ccc(F)c(F)c1F. The van der Waals surface area contributed by atoms with Crippen molar-refractivity contribution in [2.45, 2.75) is 12.8 Å². The molecular weight excluding hydrogens is 305 g/mol. The van der Waals surface area contributed by atoms with E-state index in [1.807, 2.05) is 0 Å². The Morgan fingerprint density at radius 3 is 2.57 bits per heavy atom. The fraction of sp³-hybridized carbons (Fsp3) is 0.231. The highest BCUT2D eigenvalue weighted by Gasteiger charge is 2.22. The molecule has 1 aromatic carbocycles. The van der Waals surface area contributed by atoms with Crippen molar-refractivity contribution in [3.8, 4) is 5.69 Å². The first kappa shape index (κ1) is 13.9. The second kappa shape index (κ2) is 4.77. The van der Waals surface area contributed by atoms with Crippen LogP contribution in [-0.2, 0) is 12.9 Å². The largest absolute Gasteiger partial charge is 0.277 e. The lowest BCUT2D eigenvalue weighted by atomic mass is 10.2. The second-order valence-electron chi connectivity index (χ2n) is 4.57. The van der Waals surface area contributed by atoms with E-state index in [1.165, 1.54) is 9.25 Å². The molecule has 0 unspecified atom stereocenters. The number of halogens is 4. The van der Waals surface area contributed by atoms with Gasteiger partial charge in [-0.15, -0.1) is 11.6 Å². The van der Waals surface area contributed by atoms with Crippen molar-refractivity contribution in [3.63, 3.8) is 0 Å². The van der Waals surface area contributed by atoms with Gasteiger partial charge in [-0.25, -0.2) is 22.8 Å². The average molecular weight is 315 g/mol. The summed E-state index contributed by atoms with van der Waals surface area (Å²) in [5, 5.41) is 4.18. The summed E-state index contributed by atoms with van der Waals surface area (Å²) in [4.78, 5) is 4.29. The quantitative estimate of drug-likeness (QED) is 0.538. The topological polar surface area (TPSA) is 35.6 Å². The zero-order valence-corrected chi connectivity index (χ0v) is 11.9. The molecule has 8 heteroatoms. The first-order valence-electron chi connectivity index (χ1n) is 6.06. The normalized spacial score (nSPS) is 11.5. The zero-order valence-electron chi connectivity index (χ0n) is 11.2. The van der Waals surface area contributed by atoms with Crippen molar-refractivity contribution in [1.29, 1.82) is 0 Å². The van der Waals surface area contributed by atoms with Crippen molar-refractivity contribution < 1.29 is 13.2 Å². The molecule has 2 heterocycles. The minimum absolute atomic E-state index is 0.00739. The Hall–Kier alpha value is -2.02. The molecule has 3 aromatic rings. The fourth-order valence-electron chi connectivity index (χ4n) is 2.35. The maximum Gasteiger partial charge on any atom is 0.196 e. The van der Waals surface area contributed by atoms with Crippen LogP contribution in [0.1, 0.15) is 11.5 Å². The second-order valence-corrected chi connectivity index (χ2v) is 4.84. The van der Waals surface area contributed by atoms with E-state index >= 15 is 0 Å². The molecule has 0 aliphatic carbocycles. The molecule has 0 atom stereocenters. The van der Waals surface area contributed by atoms with Gasteiger partial charge in [0.2, 0.25) is 0 Å². The molecule has 0 saturated carbocycles. The average Bonchev–Trinajstić information content (AvgIpc) is 2.96. The van der Waals surface area contributed by atoms with Crippen LogP contribution in [0.5, 0.6) is 0 Å². The summed E-state index contributed by atoms with van der Waals surface area (Å²) in [6.07, 6.45) is 0. The van der Waals surface area contributed by atoms with Crippen LogP contribution in [0.3, 0.4) is 0 Å². The number of aromatic nitrogens is 4. The Morgan fingerprint density at radius 2 is 1.90 bits per heavy atom. The Morgan fingerprint density at radius 1 is 1.19 bits per heavy atom. The van der Waals surface area contributed by atoms with E-state index in [9.17, 15) is 13.2 Å². The van der Waals surface area contributed by atoms with Crippen LogP contribution in [0.15, 0.2) is 12.1 Å². The van der Waals surface area contributed by atoms with E-state index in [1.54, 1.807) is 14.0 Å². The van der Waals surface area contributed by atoms with Crippen LogP contribution < -0.4 is 0 Å². The third kappa shape index (κ3) is 1.91. The van der Waals surface area contributed by atoms with Crippen molar-refractivity contribution in [3.05, 3.63) is 41.1 Å². The smallest absolute Gasteiger partial charge is 0.196 e. The minimum Gasteiger partial charge on any atom is -0.277 e. The van der Waals surface area contributed by atoms with Crippen molar-refractivity contribution in [2.75, 3.05) is 0 Å². The van der Waals surface area contributed by atoms with E-state index in [4.69, 9.17) is 11.6 Å². The molecule has 0 aliphatic rings. The van der Waals surface area contributed by atoms with Gasteiger partial charge < -0.3 is 0 Å². The summed E-state index contributed by atoms with van der Waals surface area (Å²) in [7, 11) is 1.66. The molecule has 0 spiro atoms. The summed E-state index contributed by atoms with van der Waals surface area (Å²) < 4.78 is 43.5. The van der Waals surface area contributed by atoms with Gasteiger partial charge in [-0.2, -0.15) is 5.10 Å². The lowest BCUT2D eigenvalue weighted by Crippen LogP contribution is -2.08. The molecular formula is C13H10ClF3N4. The molecule has 21 heavy (non-hydrogen) atoms. The molecule has 0 bridgehead atoms. The van der Waals surface area contributed by atoms with Gasteiger partial charge in [-0.1, -0.05) is 0 Å². The monoisotopic (exact) mass is 314 g/mol. The molecule has 0 amide bonds. The van der Waals surface area contributed by atoms with E-state index in [0.717, 1.165) is 12.1 Å². The number of fused-ring (bicyclic) bond motifs is 1. The number of nitrogens with zero attached hydrogens (tertiary/aromatic N) is 4. The maximum atomic E-state index is 14.1. The van der Waals surface area contributed by atoms with Gasteiger partial charge in [-0.3, -0.25) is 4.57 Å². The summed E-state index contributed by atoms with van der Waals surface area (Å²) >= 11 is 5.84. The number of hydrogen-bond donors (Lipinski definition) is 0. The molecule has 0 N–H and O–H groups in total. The van der Waals surface area contributed by atoms with Crippen LogP contribution in [-0.4, -0.2) is 19.3 Å². The summed E-state index contributed by atoms with van der Waals surface area (Å²) in [6, 6.07) is 2.01. The van der Waals surface area contributed by atoms with E-state index in [0.29, 0.717) is 22.7 Å². The van der Waals surface area contributed by atoms with Crippen LogP contribution in [0.2, 0.25) is 0 Å². The lowest BCUT2D eigenvalue weighted by Gasteiger charge is -2.10. The standard InChI is InChI=1S/C13H10ClF3N4/c1-6-12-13(20(2)19-6)21(9(5-14)18-12)8-4-3-7(15)10(16)11(8)17/h3-4H,5H2,1-2H3. The first-order valence-corrected chi connectivity index (χ1v) is 6.60.